The zero-order chi connectivity index (χ0) is 14.4. The summed E-state index contributed by atoms with van der Waals surface area (Å²) in [6, 6.07) is 0.536. The van der Waals surface area contributed by atoms with E-state index in [9.17, 15) is 0 Å². The van der Waals surface area contributed by atoms with Crippen molar-refractivity contribution < 1.29 is 14.2 Å². The number of rotatable bonds is 6. The van der Waals surface area contributed by atoms with Gasteiger partial charge in [-0.3, -0.25) is 0 Å². The lowest BCUT2D eigenvalue weighted by Crippen LogP contribution is -2.38. The number of aromatic nitrogens is 3. The fraction of sp³-hybridized carbons (Fsp3) is 0.750. The molecule has 0 aliphatic carbocycles. The number of piperidine rings is 1. The Kier molecular flexibility index (Phi) is 5.78. The third-order valence-corrected chi connectivity index (χ3v) is 3.43. The summed E-state index contributed by atoms with van der Waals surface area (Å²) in [5.74, 6) is 0.590. The van der Waals surface area contributed by atoms with Gasteiger partial charge in [0.1, 0.15) is 0 Å². The van der Waals surface area contributed by atoms with Crippen LogP contribution in [0.1, 0.15) is 12.8 Å². The molecule has 2 rings (SSSR count). The molecule has 0 bridgehead atoms. The maximum Gasteiger partial charge on any atom is 0.324 e. The molecule has 112 valence electrons. The molecule has 0 unspecified atom stereocenters. The molecule has 7 nitrogen and oxygen atoms in total. The fourth-order valence-electron chi connectivity index (χ4n) is 2.09. The van der Waals surface area contributed by atoms with Crippen LogP contribution >= 0.6 is 15.9 Å². The van der Waals surface area contributed by atoms with Gasteiger partial charge in [0.15, 0.2) is 0 Å². The Morgan fingerprint density at radius 2 is 1.70 bits per heavy atom. The van der Waals surface area contributed by atoms with Crippen molar-refractivity contribution in [3.8, 4) is 12.0 Å². The van der Waals surface area contributed by atoms with E-state index in [1.54, 1.807) is 0 Å². The predicted molar refractivity (Wildman–Crippen MR) is 77.9 cm³/mol. The lowest BCUT2D eigenvalue weighted by atomic mass is 10.1. The Morgan fingerprint density at radius 1 is 1.10 bits per heavy atom. The highest BCUT2D eigenvalue weighted by atomic mass is 79.9. The molecule has 0 spiro atoms. The van der Waals surface area contributed by atoms with Crippen LogP contribution in [0.25, 0.3) is 0 Å². The van der Waals surface area contributed by atoms with Crippen LogP contribution in [0, 0.1) is 0 Å². The van der Waals surface area contributed by atoms with Gasteiger partial charge in [0.05, 0.1) is 26.9 Å². The molecule has 1 saturated heterocycles. The summed E-state index contributed by atoms with van der Waals surface area (Å²) >= 11 is 3.37. The van der Waals surface area contributed by atoms with E-state index >= 15 is 0 Å². The zero-order valence-electron chi connectivity index (χ0n) is 11.7. The Morgan fingerprint density at radius 3 is 2.20 bits per heavy atom. The van der Waals surface area contributed by atoms with Gasteiger partial charge in [0.2, 0.25) is 5.95 Å². The Balaban J connectivity index is 1.99. The summed E-state index contributed by atoms with van der Waals surface area (Å²) in [6.07, 6.45) is 2.24. The number of hydrogen-bond donors (Lipinski definition) is 0. The van der Waals surface area contributed by atoms with Gasteiger partial charge < -0.3 is 19.1 Å². The van der Waals surface area contributed by atoms with Crippen LogP contribution in [0.2, 0.25) is 0 Å². The largest absolute Gasteiger partial charge is 0.467 e. The second-order valence-electron chi connectivity index (χ2n) is 4.35. The Labute approximate surface area is 126 Å². The summed E-state index contributed by atoms with van der Waals surface area (Å²) in [4.78, 5) is 14.6. The molecule has 0 radical (unpaired) electrons. The highest BCUT2D eigenvalue weighted by Crippen LogP contribution is 2.21. The number of ether oxygens (including phenoxy) is 3. The van der Waals surface area contributed by atoms with E-state index in [4.69, 9.17) is 14.2 Å². The average molecular weight is 347 g/mol. The van der Waals surface area contributed by atoms with E-state index < -0.39 is 0 Å². The quantitative estimate of drug-likeness (QED) is 0.718. The number of methoxy groups -OCH3 is 2. The number of halogens is 1. The normalized spacial score (nSPS) is 16.2. The summed E-state index contributed by atoms with van der Waals surface area (Å²) in [7, 11) is 3.05. The summed E-state index contributed by atoms with van der Waals surface area (Å²) in [5.41, 5.74) is 0. The molecule has 0 aromatic carbocycles. The molecule has 0 amide bonds. The lowest BCUT2D eigenvalue weighted by molar-refractivity contribution is 0.0478. The minimum atomic E-state index is 0.268. The van der Waals surface area contributed by atoms with Crippen LogP contribution in [0.3, 0.4) is 0 Å². The summed E-state index contributed by atoms with van der Waals surface area (Å²) in [5, 5.41) is 0.870. The van der Waals surface area contributed by atoms with Crippen molar-refractivity contribution in [3.63, 3.8) is 0 Å². The van der Waals surface area contributed by atoms with Crippen molar-refractivity contribution in [2.75, 3.05) is 44.1 Å². The third-order valence-electron chi connectivity index (χ3n) is 3.10. The second kappa shape index (κ2) is 7.58. The number of anilines is 1. The fourth-order valence-corrected chi connectivity index (χ4v) is 2.27. The minimum Gasteiger partial charge on any atom is -0.467 e. The van der Waals surface area contributed by atoms with Crippen LogP contribution in [-0.2, 0) is 4.74 Å². The maximum absolute atomic E-state index is 5.73. The maximum atomic E-state index is 5.73. The first-order valence-electron chi connectivity index (χ1n) is 6.53. The zero-order valence-corrected chi connectivity index (χ0v) is 13.3. The summed E-state index contributed by atoms with van der Waals surface area (Å²) < 4.78 is 15.9. The molecule has 1 aliphatic heterocycles. The van der Waals surface area contributed by atoms with Crippen LogP contribution in [0.15, 0.2) is 0 Å². The van der Waals surface area contributed by atoms with Crippen molar-refractivity contribution in [2.24, 2.45) is 0 Å². The number of nitrogens with zero attached hydrogens (tertiary/aromatic N) is 4. The molecule has 1 aromatic heterocycles. The van der Waals surface area contributed by atoms with Gasteiger partial charge in [-0.2, -0.15) is 9.97 Å². The topological polar surface area (TPSA) is 69.6 Å². The van der Waals surface area contributed by atoms with Crippen molar-refractivity contribution in [1.82, 2.24) is 15.0 Å². The van der Waals surface area contributed by atoms with Gasteiger partial charge >= 0.3 is 12.0 Å². The van der Waals surface area contributed by atoms with Gasteiger partial charge in [-0.05, 0) is 12.8 Å². The van der Waals surface area contributed by atoms with Gasteiger partial charge in [0, 0.05) is 18.4 Å². The molecule has 20 heavy (non-hydrogen) atoms. The van der Waals surface area contributed by atoms with E-state index in [0.29, 0.717) is 12.1 Å². The average Bonchev–Trinajstić information content (AvgIpc) is 2.52. The Hall–Kier alpha value is -1.15. The Bertz CT molecular complexity index is 405. The predicted octanol–water partition coefficient (Wildman–Crippen LogP) is 1.27. The van der Waals surface area contributed by atoms with E-state index in [2.05, 4.69) is 35.8 Å². The molecule has 0 atom stereocenters. The lowest BCUT2D eigenvalue weighted by Gasteiger charge is -2.31. The molecule has 8 heteroatoms. The van der Waals surface area contributed by atoms with E-state index in [1.165, 1.54) is 14.2 Å². The van der Waals surface area contributed by atoms with Gasteiger partial charge in [-0.15, -0.1) is 4.98 Å². The van der Waals surface area contributed by atoms with Crippen LogP contribution < -0.4 is 14.4 Å². The minimum absolute atomic E-state index is 0.268. The first-order valence-corrected chi connectivity index (χ1v) is 7.65. The first-order chi connectivity index (χ1) is 9.76. The van der Waals surface area contributed by atoms with Crippen LogP contribution in [-0.4, -0.2) is 60.3 Å². The van der Waals surface area contributed by atoms with E-state index in [0.717, 1.165) is 37.9 Å². The molecule has 2 heterocycles. The van der Waals surface area contributed by atoms with Gasteiger partial charge in [-0.1, -0.05) is 15.9 Å². The van der Waals surface area contributed by atoms with Crippen molar-refractivity contribution >= 4 is 21.9 Å². The standard InChI is InChI=1S/C12H19BrN4O3/c1-18-11-14-10(15-12(16-11)19-2)17-6-3-9(4-7-17)20-8-5-13/h9H,3-8H2,1-2H3. The van der Waals surface area contributed by atoms with Crippen molar-refractivity contribution in [3.05, 3.63) is 0 Å². The molecule has 0 saturated carbocycles. The smallest absolute Gasteiger partial charge is 0.324 e. The number of hydrogen-bond acceptors (Lipinski definition) is 7. The van der Waals surface area contributed by atoms with Crippen LogP contribution in [0.4, 0.5) is 5.95 Å². The summed E-state index contributed by atoms with van der Waals surface area (Å²) in [6.45, 7) is 2.45. The van der Waals surface area contributed by atoms with Crippen LogP contribution in [0.5, 0.6) is 12.0 Å². The molecule has 0 N–H and O–H groups in total. The van der Waals surface area contributed by atoms with Crippen molar-refractivity contribution in [1.29, 1.82) is 0 Å². The molecule has 1 aromatic rings. The van der Waals surface area contributed by atoms with Gasteiger partial charge in [0.25, 0.3) is 0 Å². The molecule has 1 fully saturated rings. The molecule has 1 aliphatic rings. The van der Waals surface area contributed by atoms with E-state index in [-0.39, 0.29) is 12.0 Å². The molecular formula is C12H19BrN4O3. The molecular weight excluding hydrogens is 328 g/mol. The highest BCUT2D eigenvalue weighted by Gasteiger charge is 2.22. The van der Waals surface area contributed by atoms with Crippen molar-refractivity contribution in [2.45, 2.75) is 18.9 Å². The third kappa shape index (κ3) is 3.92. The highest BCUT2D eigenvalue weighted by molar-refractivity contribution is 9.09. The second-order valence-corrected chi connectivity index (χ2v) is 5.15. The number of alkyl halides is 1. The van der Waals surface area contributed by atoms with E-state index in [1.807, 2.05) is 0 Å². The monoisotopic (exact) mass is 346 g/mol. The first kappa shape index (κ1) is 15.2. The van der Waals surface area contributed by atoms with Gasteiger partial charge in [-0.25, -0.2) is 0 Å². The SMILES string of the molecule is COc1nc(OC)nc(N2CCC(OCCBr)CC2)n1.